The van der Waals surface area contributed by atoms with Crippen LogP contribution in [0.25, 0.3) is 0 Å². The van der Waals surface area contributed by atoms with Gasteiger partial charge in [-0.25, -0.2) is 4.98 Å². The van der Waals surface area contributed by atoms with Crippen LogP contribution >= 0.6 is 0 Å². The number of hydrogen-bond donors (Lipinski definition) is 2. The van der Waals surface area contributed by atoms with Crippen molar-refractivity contribution in [1.82, 2.24) is 15.3 Å². The van der Waals surface area contributed by atoms with E-state index in [1.807, 2.05) is 0 Å². The molecule has 2 rings (SSSR count). The lowest BCUT2D eigenvalue weighted by Crippen LogP contribution is -2.34. The molecule has 0 aliphatic carbocycles. The maximum atomic E-state index is 11.3. The van der Waals surface area contributed by atoms with Gasteiger partial charge in [0, 0.05) is 7.05 Å². The van der Waals surface area contributed by atoms with E-state index in [0.717, 1.165) is 0 Å². The zero-order chi connectivity index (χ0) is 9.42. The van der Waals surface area contributed by atoms with Crippen molar-refractivity contribution in [3.63, 3.8) is 0 Å². The standard InChI is InChI=1S/C7H8N4O2/c1-11-2-4(12)10-7(13)5-6(11)9-3-8-5/h3H,2H2,1H3,(H,8,9)(H,10,12,13). The van der Waals surface area contributed by atoms with Crippen LogP contribution in [0.3, 0.4) is 0 Å². The lowest BCUT2D eigenvalue weighted by Gasteiger charge is -2.11. The molecular weight excluding hydrogens is 172 g/mol. The lowest BCUT2D eigenvalue weighted by molar-refractivity contribution is -0.118. The molecule has 1 aromatic rings. The number of aromatic amines is 1. The van der Waals surface area contributed by atoms with Crippen LogP contribution in [0.5, 0.6) is 0 Å². The largest absolute Gasteiger partial charge is 0.348 e. The van der Waals surface area contributed by atoms with Crippen molar-refractivity contribution in [2.24, 2.45) is 0 Å². The molecule has 2 N–H and O–H groups in total. The van der Waals surface area contributed by atoms with Crippen molar-refractivity contribution in [2.45, 2.75) is 0 Å². The number of nitrogens with one attached hydrogen (secondary N) is 2. The number of imidazole rings is 1. The third-order valence-corrected chi connectivity index (χ3v) is 1.84. The van der Waals surface area contributed by atoms with E-state index in [9.17, 15) is 9.59 Å². The van der Waals surface area contributed by atoms with E-state index in [2.05, 4.69) is 15.3 Å². The van der Waals surface area contributed by atoms with Gasteiger partial charge >= 0.3 is 0 Å². The van der Waals surface area contributed by atoms with Gasteiger partial charge in [-0.2, -0.15) is 0 Å². The van der Waals surface area contributed by atoms with Gasteiger partial charge in [0.15, 0.2) is 5.82 Å². The number of hydrogen-bond acceptors (Lipinski definition) is 4. The predicted octanol–water partition coefficient (Wildman–Crippen LogP) is -0.884. The van der Waals surface area contributed by atoms with Gasteiger partial charge in [-0.3, -0.25) is 14.9 Å². The first-order valence-corrected chi connectivity index (χ1v) is 3.77. The highest BCUT2D eigenvalue weighted by molar-refractivity contribution is 6.09. The van der Waals surface area contributed by atoms with E-state index in [1.165, 1.54) is 6.33 Å². The summed E-state index contributed by atoms with van der Waals surface area (Å²) in [5.74, 6) is -0.246. The molecule has 0 atom stereocenters. The number of rotatable bonds is 0. The molecule has 68 valence electrons. The number of fused-ring (bicyclic) bond motifs is 1. The smallest absolute Gasteiger partial charge is 0.278 e. The van der Waals surface area contributed by atoms with Crippen LogP contribution in [-0.4, -0.2) is 35.4 Å². The van der Waals surface area contributed by atoms with Crippen molar-refractivity contribution in [3.8, 4) is 0 Å². The van der Waals surface area contributed by atoms with Gasteiger partial charge in [-0.15, -0.1) is 0 Å². The Morgan fingerprint density at radius 1 is 1.54 bits per heavy atom. The summed E-state index contributed by atoms with van der Waals surface area (Å²) in [6, 6.07) is 0. The molecule has 0 radical (unpaired) electrons. The van der Waals surface area contributed by atoms with E-state index >= 15 is 0 Å². The Kier molecular flexibility index (Phi) is 1.54. The van der Waals surface area contributed by atoms with Gasteiger partial charge in [-0.05, 0) is 0 Å². The molecule has 0 saturated carbocycles. The van der Waals surface area contributed by atoms with Gasteiger partial charge in [0.25, 0.3) is 5.91 Å². The minimum absolute atomic E-state index is 0.142. The molecule has 0 fully saturated rings. The summed E-state index contributed by atoms with van der Waals surface area (Å²) in [5, 5.41) is 2.22. The zero-order valence-corrected chi connectivity index (χ0v) is 7.00. The summed E-state index contributed by atoms with van der Waals surface area (Å²) in [6.45, 7) is 0.142. The quantitative estimate of drug-likeness (QED) is 0.508. The third-order valence-electron chi connectivity index (χ3n) is 1.84. The number of aromatic nitrogens is 2. The summed E-state index contributed by atoms with van der Waals surface area (Å²) < 4.78 is 0. The van der Waals surface area contributed by atoms with Crippen molar-refractivity contribution in [3.05, 3.63) is 12.0 Å². The maximum absolute atomic E-state index is 11.3. The molecule has 1 aromatic heterocycles. The van der Waals surface area contributed by atoms with E-state index in [0.29, 0.717) is 11.5 Å². The molecular formula is C7H8N4O2. The van der Waals surface area contributed by atoms with E-state index in [1.54, 1.807) is 11.9 Å². The summed E-state index contributed by atoms with van der Waals surface area (Å²) in [5.41, 5.74) is 0.327. The Morgan fingerprint density at radius 2 is 2.31 bits per heavy atom. The highest BCUT2D eigenvalue weighted by Gasteiger charge is 2.24. The number of imide groups is 1. The van der Waals surface area contributed by atoms with Crippen LogP contribution in [0, 0.1) is 0 Å². The first-order chi connectivity index (χ1) is 6.18. The minimum atomic E-state index is -0.429. The fourth-order valence-electron chi connectivity index (χ4n) is 1.26. The Morgan fingerprint density at radius 3 is 3.08 bits per heavy atom. The molecule has 6 heteroatoms. The Balaban J connectivity index is 2.48. The zero-order valence-electron chi connectivity index (χ0n) is 7.00. The first-order valence-electron chi connectivity index (χ1n) is 3.77. The molecule has 2 heterocycles. The monoisotopic (exact) mass is 180 g/mol. The number of carbonyl (C=O) groups excluding carboxylic acids is 2. The fraction of sp³-hybridized carbons (Fsp3) is 0.286. The Bertz CT molecular complexity index is 370. The highest BCUT2D eigenvalue weighted by Crippen LogP contribution is 2.15. The predicted molar refractivity (Wildman–Crippen MR) is 44.3 cm³/mol. The maximum Gasteiger partial charge on any atom is 0.278 e. The lowest BCUT2D eigenvalue weighted by atomic mass is 10.4. The van der Waals surface area contributed by atoms with Crippen LogP contribution in [0.2, 0.25) is 0 Å². The molecule has 0 unspecified atom stereocenters. The minimum Gasteiger partial charge on any atom is -0.348 e. The molecule has 0 saturated heterocycles. The Hall–Kier alpha value is -1.85. The number of amides is 2. The summed E-state index contributed by atoms with van der Waals surface area (Å²) >= 11 is 0. The molecule has 2 amide bonds. The van der Waals surface area contributed by atoms with Crippen molar-refractivity contribution in [1.29, 1.82) is 0 Å². The Labute approximate surface area is 73.9 Å². The normalized spacial score (nSPS) is 16.5. The molecule has 0 aromatic carbocycles. The topological polar surface area (TPSA) is 78.1 Å². The molecule has 1 aliphatic rings. The number of anilines is 1. The van der Waals surface area contributed by atoms with Crippen LogP contribution in [0.1, 0.15) is 10.5 Å². The second-order valence-corrected chi connectivity index (χ2v) is 2.83. The highest BCUT2D eigenvalue weighted by atomic mass is 16.2. The average Bonchev–Trinajstić information content (AvgIpc) is 2.47. The molecule has 6 nitrogen and oxygen atoms in total. The van der Waals surface area contributed by atoms with E-state index < -0.39 is 5.91 Å². The van der Waals surface area contributed by atoms with E-state index in [-0.39, 0.29) is 12.5 Å². The summed E-state index contributed by atoms with van der Waals surface area (Å²) in [6.07, 6.45) is 1.43. The summed E-state index contributed by atoms with van der Waals surface area (Å²) in [7, 11) is 1.71. The molecule has 13 heavy (non-hydrogen) atoms. The van der Waals surface area contributed by atoms with Crippen molar-refractivity contribution in [2.75, 3.05) is 18.5 Å². The number of likely N-dealkylation sites (N-methyl/N-ethyl adjacent to an activating group) is 1. The SMILES string of the molecule is CN1CC(=O)NC(=O)c2[nH]cnc21. The van der Waals surface area contributed by atoms with Crippen LogP contribution in [-0.2, 0) is 4.79 Å². The number of nitrogens with zero attached hydrogens (tertiary/aromatic N) is 2. The number of carbonyl (C=O) groups is 2. The van der Waals surface area contributed by atoms with Gasteiger partial charge in [0.05, 0.1) is 12.9 Å². The van der Waals surface area contributed by atoms with Crippen LogP contribution < -0.4 is 10.2 Å². The van der Waals surface area contributed by atoms with Gasteiger partial charge in [0.2, 0.25) is 5.91 Å². The van der Waals surface area contributed by atoms with Gasteiger partial charge in [0.1, 0.15) is 5.69 Å². The molecule has 0 bridgehead atoms. The van der Waals surface area contributed by atoms with Crippen LogP contribution in [0.4, 0.5) is 5.82 Å². The summed E-state index contributed by atoms with van der Waals surface area (Å²) in [4.78, 5) is 30.6. The van der Waals surface area contributed by atoms with E-state index in [4.69, 9.17) is 0 Å². The average molecular weight is 180 g/mol. The first kappa shape index (κ1) is 7.78. The fourth-order valence-corrected chi connectivity index (χ4v) is 1.26. The third kappa shape index (κ3) is 1.16. The van der Waals surface area contributed by atoms with Gasteiger partial charge in [-0.1, -0.05) is 0 Å². The second-order valence-electron chi connectivity index (χ2n) is 2.83. The van der Waals surface area contributed by atoms with Crippen molar-refractivity contribution < 1.29 is 9.59 Å². The molecule has 1 aliphatic heterocycles. The molecule has 0 spiro atoms. The second kappa shape index (κ2) is 2.58. The van der Waals surface area contributed by atoms with Crippen molar-refractivity contribution >= 4 is 17.6 Å². The van der Waals surface area contributed by atoms with Crippen LogP contribution in [0.15, 0.2) is 6.33 Å². The van der Waals surface area contributed by atoms with Gasteiger partial charge < -0.3 is 9.88 Å². The number of H-pyrrole nitrogens is 1.